The van der Waals surface area contributed by atoms with Crippen LogP contribution in [0.3, 0.4) is 0 Å². The third-order valence-electron chi connectivity index (χ3n) is 3.78. The van der Waals surface area contributed by atoms with Crippen molar-refractivity contribution in [2.24, 2.45) is 0 Å². The molecule has 1 aliphatic rings. The highest BCUT2D eigenvalue weighted by Gasteiger charge is 2.27. The number of fused-ring (bicyclic) bond motifs is 2. The van der Waals surface area contributed by atoms with Crippen molar-refractivity contribution in [1.29, 1.82) is 0 Å². The minimum absolute atomic E-state index is 0.155. The van der Waals surface area contributed by atoms with Crippen molar-refractivity contribution in [1.82, 2.24) is 4.98 Å². The number of carbonyl (C=O) groups excluding carboxylic acids is 1. The van der Waals surface area contributed by atoms with Gasteiger partial charge in [-0.3, -0.25) is 9.78 Å². The van der Waals surface area contributed by atoms with Crippen LogP contribution in [-0.4, -0.2) is 23.6 Å². The van der Waals surface area contributed by atoms with Gasteiger partial charge >= 0.3 is 0 Å². The lowest BCUT2D eigenvalue weighted by Gasteiger charge is -2.25. The van der Waals surface area contributed by atoms with Crippen LogP contribution in [0.25, 0.3) is 10.9 Å². The van der Waals surface area contributed by atoms with Crippen molar-refractivity contribution in [2.75, 3.05) is 11.9 Å². The minimum Gasteiger partial charge on any atom is -0.485 e. The highest BCUT2D eigenvalue weighted by molar-refractivity contribution is 6.35. The van der Waals surface area contributed by atoms with E-state index < -0.39 is 6.10 Å². The highest BCUT2D eigenvalue weighted by atomic mass is 35.5. The zero-order chi connectivity index (χ0) is 16.5. The molecule has 120 valence electrons. The van der Waals surface area contributed by atoms with E-state index in [4.69, 9.17) is 21.1 Å². The lowest BCUT2D eigenvalue weighted by molar-refractivity contribution is -0.125. The standard InChI is InChI=1S/C18H13ClN2O3/c19-12-7-8-13(17-11(12)4-3-9-20-17)21-18(22)16-10-23-14-5-1-2-6-15(14)24-16/h1-9,16H,10H2,(H,21,22)/t16-/m0/s1. The Bertz CT molecular complexity index is 929. The van der Waals surface area contributed by atoms with E-state index in [0.29, 0.717) is 27.7 Å². The molecule has 0 spiro atoms. The third-order valence-corrected chi connectivity index (χ3v) is 4.10. The Morgan fingerprint density at radius 3 is 2.83 bits per heavy atom. The fraction of sp³-hybridized carbons (Fsp3) is 0.111. The molecule has 0 radical (unpaired) electrons. The van der Waals surface area contributed by atoms with E-state index in [0.717, 1.165) is 5.39 Å². The lowest BCUT2D eigenvalue weighted by Crippen LogP contribution is -2.40. The van der Waals surface area contributed by atoms with Gasteiger partial charge in [-0.05, 0) is 36.4 Å². The fourth-order valence-corrected chi connectivity index (χ4v) is 2.82. The molecule has 0 unspecified atom stereocenters. The largest absolute Gasteiger partial charge is 0.485 e. The Morgan fingerprint density at radius 1 is 1.12 bits per heavy atom. The van der Waals surface area contributed by atoms with Crippen molar-refractivity contribution < 1.29 is 14.3 Å². The number of nitrogens with zero attached hydrogens (tertiary/aromatic N) is 1. The smallest absolute Gasteiger partial charge is 0.269 e. The Hall–Kier alpha value is -2.79. The van der Waals surface area contributed by atoms with Crippen molar-refractivity contribution in [3.05, 3.63) is 59.8 Å². The number of ether oxygens (including phenoxy) is 2. The number of anilines is 1. The Labute approximate surface area is 143 Å². The number of rotatable bonds is 2. The molecule has 0 saturated heterocycles. The highest BCUT2D eigenvalue weighted by Crippen LogP contribution is 2.32. The molecule has 1 atom stereocenters. The third kappa shape index (κ3) is 2.63. The number of hydrogen-bond donors (Lipinski definition) is 1. The fourth-order valence-electron chi connectivity index (χ4n) is 2.60. The number of hydrogen-bond acceptors (Lipinski definition) is 4. The Balaban J connectivity index is 1.58. The van der Waals surface area contributed by atoms with E-state index >= 15 is 0 Å². The van der Waals surface area contributed by atoms with E-state index in [2.05, 4.69) is 10.3 Å². The predicted molar refractivity (Wildman–Crippen MR) is 91.7 cm³/mol. The molecule has 2 heterocycles. The average molecular weight is 341 g/mol. The molecule has 1 N–H and O–H groups in total. The van der Waals surface area contributed by atoms with E-state index in [1.807, 2.05) is 18.2 Å². The second-order valence-corrected chi connectivity index (χ2v) is 5.76. The van der Waals surface area contributed by atoms with Crippen LogP contribution in [-0.2, 0) is 4.79 Å². The lowest BCUT2D eigenvalue weighted by atomic mass is 10.2. The molecular formula is C18H13ClN2O3. The molecule has 0 bridgehead atoms. The van der Waals surface area contributed by atoms with Gasteiger partial charge in [0.2, 0.25) is 6.10 Å². The number of halogens is 1. The van der Waals surface area contributed by atoms with Crippen molar-refractivity contribution >= 4 is 34.1 Å². The van der Waals surface area contributed by atoms with Gasteiger partial charge in [0, 0.05) is 11.6 Å². The summed E-state index contributed by atoms with van der Waals surface area (Å²) < 4.78 is 11.3. The maximum atomic E-state index is 12.5. The number of para-hydroxylation sites is 2. The van der Waals surface area contributed by atoms with Crippen LogP contribution >= 0.6 is 11.6 Å². The first-order valence-electron chi connectivity index (χ1n) is 7.45. The van der Waals surface area contributed by atoms with Crippen molar-refractivity contribution in [3.63, 3.8) is 0 Å². The summed E-state index contributed by atoms with van der Waals surface area (Å²) in [6, 6.07) is 14.4. The summed E-state index contributed by atoms with van der Waals surface area (Å²) in [5, 5.41) is 4.21. The molecule has 4 rings (SSSR count). The number of amides is 1. The van der Waals surface area contributed by atoms with Crippen LogP contribution in [0.1, 0.15) is 0 Å². The summed E-state index contributed by atoms with van der Waals surface area (Å²) in [5.41, 5.74) is 1.22. The SMILES string of the molecule is O=C(Nc1ccc(Cl)c2cccnc12)[C@@H]1COc2ccccc2O1. The maximum Gasteiger partial charge on any atom is 0.269 e. The monoisotopic (exact) mass is 340 g/mol. The first kappa shape index (κ1) is 14.8. The molecule has 1 amide bonds. The van der Waals surface area contributed by atoms with E-state index in [9.17, 15) is 4.79 Å². The number of aromatic nitrogens is 1. The van der Waals surface area contributed by atoms with Gasteiger partial charge in [0.05, 0.1) is 16.2 Å². The van der Waals surface area contributed by atoms with Gasteiger partial charge in [-0.25, -0.2) is 0 Å². The first-order valence-corrected chi connectivity index (χ1v) is 7.83. The van der Waals surface area contributed by atoms with Crippen LogP contribution in [0.15, 0.2) is 54.7 Å². The van der Waals surface area contributed by atoms with Gasteiger partial charge in [-0.2, -0.15) is 0 Å². The van der Waals surface area contributed by atoms with Gasteiger partial charge in [-0.1, -0.05) is 23.7 Å². The van der Waals surface area contributed by atoms with Crippen LogP contribution in [0.5, 0.6) is 11.5 Å². The molecule has 0 aliphatic carbocycles. The normalized spacial score (nSPS) is 16.0. The molecule has 5 nitrogen and oxygen atoms in total. The summed E-state index contributed by atoms with van der Waals surface area (Å²) in [6.07, 6.45) is 0.930. The second-order valence-electron chi connectivity index (χ2n) is 5.35. The summed E-state index contributed by atoms with van der Waals surface area (Å²) in [4.78, 5) is 16.8. The molecule has 0 fully saturated rings. The minimum atomic E-state index is -0.727. The van der Waals surface area contributed by atoms with Crippen LogP contribution in [0, 0.1) is 0 Å². The Kier molecular flexibility index (Phi) is 3.70. The number of nitrogens with one attached hydrogen (secondary N) is 1. The van der Waals surface area contributed by atoms with Gasteiger partial charge in [0.25, 0.3) is 5.91 Å². The molecule has 6 heteroatoms. The van der Waals surface area contributed by atoms with E-state index in [1.165, 1.54) is 0 Å². The molecule has 2 aromatic carbocycles. The van der Waals surface area contributed by atoms with Gasteiger partial charge in [0.1, 0.15) is 6.61 Å². The zero-order valence-electron chi connectivity index (χ0n) is 12.5. The van der Waals surface area contributed by atoms with Gasteiger partial charge in [0.15, 0.2) is 11.5 Å². The predicted octanol–water partition coefficient (Wildman–Crippen LogP) is 3.67. The van der Waals surface area contributed by atoms with Crippen LogP contribution in [0.4, 0.5) is 5.69 Å². The van der Waals surface area contributed by atoms with Gasteiger partial charge < -0.3 is 14.8 Å². The molecule has 3 aromatic rings. The zero-order valence-corrected chi connectivity index (χ0v) is 13.3. The Morgan fingerprint density at radius 2 is 1.96 bits per heavy atom. The molecule has 1 aromatic heterocycles. The number of pyridine rings is 1. The molecule has 1 aliphatic heterocycles. The molecular weight excluding hydrogens is 328 g/mol. The second kappa shape index (κ2) is 6.02. The van der Waals surface area contributed by atoms with E-state index in [1.54, 1.807) is 36.5 Å². The van der Waals surface area contributed by atoms with Crippen LogP contribution in [0.2, 0.25) is 5.02 Å². The topological polar surface area (TPSA) is 60.5 Å². The average Bonchev–Trinajstić information content (AvgIpc) is 2.64. The van der Waals surface area contributed by atoms with Gasteiger partial charge in [-0.15, -0.1) is 0 Å². The van der Waals surface area contributed by atoms with Crippen LogP contribution < -0.4 is 14.8 Å². The van der Waals surface area contributed by atoms with E-state index in [-0.39, 0.29) is 12.5 Å². The number of benzene rings is 2. The van der Waals surface area contributed by atoms with Crippen molar-refractivity contribution in [3.8, 4) is 11.5 Å². The molecule has 0 saturated carbocycles. The summed E-state index contributed by atoms with van der Waals surface area (Å²) in [6.45, 7) is 0.155. The molecule has 24 heavy (non-hydrogen) atoms. The summed E-state index contributed by atoms with van der Waals surface area (Å²) in [5.74, 6) is 0.905. The summed E-state index contributed by atoms with van der Waals surface area (Å²) in [7, 11) is 0. The number of carbonyl (C=O) groups is 1. The maximum absolute atomic E-state index is 12.5. The van der Waals surface area contributed by atoms with Crippen molar-refractivity contribution in [2.45, 2.75) is 6.10 Å². The summed E-state index contributed by atoms with van der Waals surface area (Å²) >= 11 is 6.17. The quantitative estimate of drug-likeness (QED) is 0.773. The first-order chi connectivity index (χ1) is 11.7.